The van der Waals surface area contributed by atoms with Crippen LogP contribution in [0.3, 0.4) is 0 Å². The van der Waals surface area contributed by atoms with Gasteiger partial charge in [0.25, 0.3) is 5.91 Å². The number of hydrogen-bond acceptors (Lipinski definition) is 4. The smallest absolute Gasteiger partial charge is 0.338 e. The zero-order valence-electron chi connectivity index (χ0n) is 11.8. The molecule has 21 heavy (non-hydrogen) atoms. The maximum absolute atomic E-state index is 13.1. The quantitative estimate of drug-likeness (QED) is 0.855. The Kier molecular flexibility index (Phi) is 4.57. The van der Waals surface area contributed by atoms with E-state index >= 15 is 0 Å². The van der Waals surface area contributed by atoms with E-state index in [2.05, 4.69) is 0 Å². The Morgan fingerprint density at radius 3 is 2.62 bits per heavy atom. The topological polar surface area (TPSA) is 66.8 Å². The lowest BCUT2D eigenvalue weighted by molar-refractivity contribution is -0.169. The molecule has 1 amide bonds. The SMILES string of the molecule is CCOC(=O)C1(O)CCN(C(=O)c2cccc(F)c2)CC1. The number of rotatable bonds is 3. The molecule has 1 N–H and O–H groups in total. The Bertz CT molecular complexity index is 538. The molecule has 0 spiro atoms. The van der Waals surface area contributed by atoms with E-state index in [1.807, 2.05) is 0 Å². The van der Waals surface area contributed by atoms with Crippen LogP contribution in [0.4, 0.5) is 4.39 Å². The van der Waals surface area contributed by atoms with Gasteiger partial charge in [0.05, 0.1) is 6.61 Å². The monoisotopic (exact) mass is 295 g/mol. The number of benzene rings is 1. The van der Waals surface area contributed by atoms with Crippen molar-refractivity contribution in [2.45, 2.75) is 25.4 Å². The fourth-order valence-corrected chi connectivity index (χ4v) is 2.35. The molecular weight excluding hydrogens is 277 g/mol. The number of likely N-dealkylation sites (tertiary alicyclic amines) is 1. The van der Waals surface area contributed by atoms with Crippen LogP contribution >= 0.6 is 0 Å². The van der Waals surface area contributed by atoms with Crippen LogP contribution in [0.5, 0.6) is 0 Å². The van der Waals surface area contributed by atoms with Crippen molar-refractivity contribution < 1.29 is 23.8 Å². The van der Waals surface area contributed by atoms with Crippen molar-refractivity contribution in [2.75, 3.05) is 19.7 Å². The molecule has 0 unspecified atom stereocenters. The third-order valence-electron chi connectivity index (χ3n) is 3.60. The van der Waals surface area contributed by atoms with E-state index in [0.29, 0.717) is 0 Å². The normalized spacial score (nSPS) is 17.4. The number of carbonyl (C=O) groups is 2. The van der Waals surface area contributed by atoms with Crippen LogP contribution in [0, 0.1) is 5.82 Å². The Labute approximate surface area is 122 Å². The van der Waals surface area contributed by atoms with E-state index in [1.165, 1.54) is 29.2 Å². The van der Waals surface area contributed by atoms with Crippen LogP contribution < -0.4 is 0 Å². The van der Waals surface area contributed by atoms with Crippen LogP contribution in [-0.4, -0.2) is 47.2 Å². The number of esters is 1. The molecular formula is C15H18FNO4. The highest BCUT2D eigenvalue weighted by Gasteiger charge is 2.41. The molecule has 1 aliphatic heterocycles. The zero-order valence-corrected chi connectivity index (χ0v) is 11.8. The molecule has 1 aliphatic rings. The number of piperidine rings is 1. The average molecular weight is 295 g/mol. The van der Waals surface area contributed by atoms with Gasteiger partial charge in [-0.15, -0.1) is 0 Å². The summed E-state index contributed by atoms with van der Waals surface area (Å²) < 4.78 is 18.0. The predicted octanol–water partition coefficient (Wildman–Crippen LogP) is 1.36. The number of halogens is 1. The van der Waals surface area contributed by atoms with Crippen LogP contribution in [0.2, 0.25) is 0 Å². The van der Waals surface area contributed by atoms with Crippen molar-refractivity contribution in [2.24, 2.45) is 0 Å². The molecule has 114 valence electrons. The second-order valence-electron chi connectivity index (χ2n) is 5.05. The number of ether oxygens (including phenoxy) is 1. The summed E-state index contributed by atoms with van der Waals surface area (Å²) in [7, 11) is 0. The van der Waals surface area contributed by atoms with Gasteiger partial charge in [0.1, 0.15) is 5.82 Å². The highest BCUT2D eigenvalue weighted by atomic mass is 19.1. The van der Waals surface area contributed by atoms with Crippen molar-refractivity contribution in [3.8, 4) is 0 Å². The molecule has 1 fully saturated rings. The molecule has 1 aromatic carbocycles. The average Bonchev–Trinajstić information content (AvgIpc) is 2.47. The molecule has 0 aliphatic carbocycles. The summed E-state index contributed by atoms with van der Waals surface area (Å²) in [6, 6.07) is 5.46. The zero-order chi connectivity index (χ0) is 15.5. The Morgan fingerprint density at radius 2 is 2.05 bits per heavy atom. The molecule has 0 saturated carbocycles. The fraction of sp³-hybridized carbons (Fsp3) is 0.467. The second kappa shape index (κ2) is 6.22. The van der Waals surface area contributed by atoms with E-state index in [0.717, 1.165) is 0 Å². The van der Waals surface area contributed by atoms with E-state index in [9.17, 15) is 19.1 Å². The minimum absolute atomic E-state index is 0.118. The number of carbonyl (C=O) groups excluding carboxylic acids is 2. The van der Waals surface area contributed by atoms with Crippen LogP contribution in [0.25, 0.3) is 0 Å². The Morgan fingerprint density at radius 1 is 1.38 bits per heavy atom. The van der Waals surface area contributed by atoms with E-state index < -0.39 is 17.4 Å². The van der Waals surface area contributed by atoms with Gasteiger partial charge in [0.2, 0.25) is 0 Å². The molecule has 1 saturated heterocycles. The fourth-order valence-electron chi connectivity index (χ4n) is 2.35. The molecule has 1 heterocycles. The molecule has 0 bridgehead atoms. The molecule has 2 rings (SSSR count). The maximum atomic E-state index is 13.1. The van der Waals surface area contributed by atoms with Gasteiger partial charge >= 0.3 is 5.97 Å². The summed E-state index contributed by atoms with van der Waals surface area (Å²) in [4.78, 5) is 25.4. The van der Waals surface area contributed by atoms with Gasteiger partial charge in [-0.05, 0) is 25.1 Å². The summed E-state index contributed by atoms with van der Waals surface area (Å²) in [6.07, 6.45) is 0.236. The lowest BCUT2D eigenvalue weighted by Crippen LogP contribution is -2.51. The first-order chi connectivity index (χ1) is 9.96. The van der Waals surface area contributed by atoms with Gasteiger partial charge in [-0.25, -0.2) is 9.18 Å². The largest absolute Gasteiger partial charge is 0.464 e. The molecule has 1 aromatic rings. The highest BCUT2D eigenvalue weighted by molar-refractivity contribution is 5.94. The number of aliphatic hydroxyl groups is 1. The lowest BCUT2D eigenvalue weighted by atomic mass is 9.91. The van der Waals surface area contributed by atoms with E-state index in [1.54, 1.807) is 6.92 Å². The Balaban J connectivity index is 2.01. The van der Waals surface area contributed by atoms with Crippen LogP contribution in [-0.2, 0) is 9.53 Å². The number of hydrogen-bond donors (Lipinski definition) is 1. The number of amides is 1. The van der Waals surface area contributed by atoms with Crippen molar-refractivity contribution in [1.29, 1.82) is 0 Å². The first-order valence-corrected chi connectivity index (χ1v) is 6.91. The van der Waals surface area contributed by atoms with Gasteiger partial charge in [-0.1, -0.05) is 6.07 Å². The summed E-state index contributed by atoms with van der Waals surface area (Å²) in [5.74, 6) is -1.43. The molecule has 0 aromatic heterocycles. The molecule has 5 nitrogen and oxygen atoms in total. The first kappa shape index (κ1) is 15.4. The van der Waals surface area contributed by atoms with Gasteiger partial charge in [0.15, 0.2) is 5.60 Å². The summed E-state index contributed by atoms with van der Waals surface area (Å²) in [6.45, 7) is 2.33. The second-order valence-corrected chi connectivity index (χ2v) is 5.05. The molecule has 6 heteroatoms. The predicted molar refractivity (Wildman–Crippen MR) is 73.1 cm³/mol. The molecule has 0 radical (unpaired) electrons. The highest BCUT2D eigenvalue weighted by Crippen LogP contribution is 2.25. The lowest BCUT2D eigenvalue weighted by Gasteiger charge is -2.36. The standard InChI is InChI=1S/C15H18FNO4/c1-2-21-14(19)15(20)6-8-17(9-7-15)13(18)11-4-3-5-12(16)10-11/h3-5,10,20H,2,6-9H2,1H3. The summed E-state index contributed by atoms with van der Waals surface area (Å²) in [5, 5.41) is 10.2. The van der Waals surface area contributed by atoms with E-state index in [-0.39, 0.29) is 44.0 Å². The first-order valence-electron chi connectivity index (χ1n) is 6.91. The third-order valence-corrected chi connectivity index (χ3v) is 3.60. The molecule has 0 atom stereocenters. The van der Waals surface area contributed by atoms with Crippen molar-refractivity contribution in [3.63, 3.8) is 0 Å². The number of nitrogens with zero attached hydrogens (tertiary/aromatic N) is 1. The van der Waals surface area contributed by atoms with Crippen LogP contribution in [0.1, 0.15) is 30.1 Å². The van der Waals surface area contributed by atoms with Crippen LogP contribution in [0.15, 0.2) is 24.3 Å². The van der Waals surface area contributed by atoms with Crippen molar-refractivity contribution in [3.05, 3.63) is 35.6 Å². The minimum Gasteiger partial charge on any atom is -0.464 e. The van der Waals surface area contributed by atoms with Crippen molar-refractivity contribution >= 4 is 11.9 Å². The minimum atomic E-state index is -1.53. The van der Waals surface area contributed by atoms with E-state index in [4.69, 9.17) is 4.74 Å². The van der Waals surface area contributed by atoms with Crippen molar-refractivity contribution in [1.82, 2.24) is 4.90 Å². The Hall–Kier alpha value is -1.95. The maximum Gasteiger partial charge on any atom is 0.338 e. The van der Waals surface area contributed by atoms with Gasteiger partial charge in [0, 0.05) is 31.5 Å². The third kappa shape index (κ3) is 3.39. The van der Waals surface area contributed by atoms with Gasteiger partial charge < -0.3 is 14.7 Å². The summed E-state index contributed by atoms with van der Waals surface area (Å²) >= 11 is 0. The summed E-state index contributed by atoms with van der Waals surface area (Å²) in [5.41, 5.74) is -1.27. The van der Waals surface area contributed by atoms with Gasteiger partial charge in [-0.3, -0.25) is 4.79 Å². The van der Waals surface area contributed by atoms with Gasteiger partial charge in [-0.2, -0.15) is 0 Å².